The number of nitrogens with one attached hydrogen (secondary N) is 1. The summed E-state index contributed by atoms with van der Waals surface area (Å²) in [4.78, 5) is 18.1. The number of rotatable bonds is 2. The normalized spacial score (nSPS) is 14.3. The van der Waals surface area contributed by atoms with Gasteiger partial charge in [0.15, 0.2) is 0 Å². The molecule has 1 amide bonds. The van der Waals surface area contributed by atoms with E-state index in [1.165, 1.54) is 12.1 Å². The molecule has 5 rings (SSSR count). The Morgan fingerprint density at radius 1 is 1.13 bits per heavy atom. The molecule has 3 heterocycles. The maximum atomic E-state index is 13.1. The van der Waals surface area contributed by atoms with Crippen LogP contribution in [0.3, 0.4) is 0 Å². The second-order valence-corrected chi connectivity index (χ2v) is 7.51. The van der Waals surface area contributed by atoms with Crippen LogP contribution in [0.15, 0.2) is 48.7 Å². The Kier molecular flexibility index (Phi) is 4.06. The molecule has 1 aliphatic heterocycles. The van der Waals surface area contributed by atoms with Crippen molar-refractivity contribution in [1.29, 1.82) is 0 Å². The molecule has 0 saturated heterocycles. The monoisotopic (exact) mass is 413 g/mol. The van der Waals surface area contributed by atoms with Crippen molar-refractivity contribution in [2.75, 3.05) is 6.54 Å². The fourth-order valence-electron chi connectivity index (χ4n) is 4.14. The Labute approximate surface area is 169 Å². The first-order valence-corrected chi connectivity index (χ1v) is 9.52. The van der Waals surface area contributed by atoms with Crippen LogP contribution in [0.4, 0.5) is 13.2 Å². The number of H-pyrrole nitrogens is 1. The molecule has 0 atom stereocenters. The standard InChI is InChI=1S/C22H18F3N3O2/c1-27-8-6-13-2-3-14(10-20(13)27)21(29)28-9-7-19-17(12-28)16-11-15(30-22(23,24)25)4-5-18(16)26-19/h2-6,8,10-11,26H,7,9,12H2,1H3. The summed E-state index contributed by atoms with van der Waals surface area (Å²) in [6.07, 6.45) is -2.20. The van der Waals surface area contributed by atoms with E-state index in [1.54, 1.807) is 11.0 Å². The summed E-state index contributed by atoms with van der Waals surface area (Å²) >= 11 is 0. The Balaban J connectivity index is 1.46. The first-order valence-electron chi connectivity index (χ1n) is 9.52. The van der Waals surface area contributed by atoms with Crippen molar-refractivity contribution in [3.05, 3.63) is 65.5 Å². The minimum atomic E-state index is -4.75. The smallest absolute Gasteiger partial charge is 0.406 e. The molecule has 0 aliphatic carbocycles. The van der Waals surface area contributed by atoms with Crippen LogP contribution in [0.2, 0.25) is 0 Å². The van der Waals surface area contributed by atoms with E-state index in [-0.39, 0.29) is 11.7 Å². The Morgan fingerprint density at radius 3 is 2.77 bits per heavy atom. The third-order valence-corrected chi connectivity index (χ3v) is 5.60. The molecule has 1 N–H and O–H groups in total. The lowest BCUT2D eigenvalue weighted by molar-refractivity contribution is -0.274. The summed E-state index contributed by atoms with van der Waals surface area (Å²) in [5.74, 6) is -0.366. The van der Waals surface area contributed by atoms with Crippen molar-refractivity contribution in [3.63, 3.8) is 0 Å². The van der Waals surface area contributed by atoms with Gasteiger partial charge in [0.2, 0.25) is 0 Å². The number of carbonyl (C=O) groups is 1. The number of hydrogen-bond acceptors (Lipinski definition) is 2. The van der Waals surface area contributed by atoms with Crippen LogP contribution in [0, 0.1) is 0 Å². The Morgan fingerprint density at radius 2 is 1.97 bits per heavy atom. The molecule has 0 bridgehead atoms. The van der Waals surface area contributed by atoms with E-state index >= 15 is 0 Å². The van der Waals surface area contributed by atoms with Gasteiger partial charge in [-0.15, -0.1) is 13.2 Å². The number of benzene rings is 2. The molecule has 0 spiro atoms. The molecule has 30 heavy (non-hydrogen) atoms. The molecule has 1 aliphatic rings. The van der Waals surface area contributed by atoms with Crippen LogP contribution in [-0.2, 0) is 20.0 Å². The largest absolute Gasteiger partial charge is 0.573 e. The number of fused-ring (bicyclic) bond motifs is 4. The van der Waals surface area contributed by atoms with Gasteiger partial charge in [-0.05, 0) is 41.8 Å². The third kappa shape index (κ3) is 3.18. The summed E-state index contributed by atoms with van der Waals surface area (Å²) in [5, 5.41) is 1.70. The lowest BCUT2D eigenvalue weighted by atomic mass is 10.0. The van der Waals surface area contributed by atoms with Crippen LogP contribution < -0.4 is 4.74 Å². The van der Waals surface area contributed by atoms with Crippen LogP contribution in [0.5, 0.6) is 5.75 Å². The van der Waals surface area contributed by atoms with E-state index in [9.17, 15) is 18.0 Å². The van der Waals surface area contributed by atoms with Gasteiger partial charge in [0.05, 0.1) is 0 Å². The SMILES string of the molecule is Cn1ccc2ccc(C(=O)N3CCc4[nH]c5ccc(OC(F)(F)F)cc5c4C3)cc21. The molecule has 2 aromatic heterocycles. The summed E-state index contributed by atoms with van der Waals surface area (Å²) in [5.41, 5.74) is 4.07. The van der Waals surface area contributed by atoms with Gasteiger partial charge >= 0.3 is 6.36 Å². The highest BCUT2D eigenvalue weighted by atomic mass is 19.4. The van der Waals surface area contributed by atoms with Crippen molar-refractivity contribution < 1.29 is 22.7 Å². The quantitative estimate of drug-likeness (QED) is 0.515. The van der Waals surface area contributed by atoms with Crippen LogP contribution in [-0.4, -0.2) is 33.3 Å². The number of carbonyl (C=O) groups excluding carboxylic acids is 1. The number of amides is 1. The molecule has 0 radical (unpaired) electrons. The highest BCUT2D eigenvalue weighted by Crippen LogP contribution is 2.33. The van der Waals surface area contributed by atoms with E-state index in [4.69, 9.17) is 0 Å². The molecule has 0 saturated carbocycles. The van der Waals surface area contributed by atoms with Crippen LogP contribution in [0.25, 0.3) is 21.8 Å². The third-order valence-electron chi connectivity index (χ3n) is 5.60. The molecule has 154 valence electrons. The summed E-state index contributed by atoms with van der Waals surface area (Å²) in [7, 11) is 1.93. The Hall–Kier alpha value is -3.42. The van der Waals surface area contributed by atoms with Crippen LogP contribution >= 0.6 is 0 Å². The van der Waals surface area contributed by atoms with E-state index < -0.39 is 6.36 Å². The second-order valence-electron chi connectivity index (χ2n) is 7.51. The van der Waals surface area contributed by atoms with Crippen molar-refractivity contribution >= 4 is 27.7 Å². The van der Waals surface area contributed by atoms with Gasteiger partial charge in [0.1, 0.15) is 5.75 Å². The number of aryl methyl sites for hydroxylation is 1. The van der Waals surface area contributed by atoms with Crippen molar-refractivity contribution in [3.8, 4) is 5.75 Å². The average molecular weight is 413 g/mol. The number of halogens is 3. The molecule has 8 heteroatoms. The van der Waals surface area contributed by atoms with Gasteiger partial charge < -0.3 is 19.2 Å². The van der Waals surface area contributed by atoms with E-state index in [0.717, 1.165) is 27.7 Å². The van der Waals surface area contributed by atoms with Gasteiger partial charge in [0.25, 0.3) is 5.91 Å². The minimum Gasteiger partial charge on any atom is -0.406 e. The fourth-order valence-corrected chi connectivity index (χ4v) is 4.14. The summed E-state index contributed by atoms with van der Waals surface area (Å²) in [6, 6.07) is 11.8. The maximum absolute atomic E-state index is 13.1. The highest BCUT2D eigenvalue weighted by Gasteiger charge is 2.32. The predicted octanol–water partition coefficient (Wildman–Crippen LogP) is 4.76. The van der Waals surface area contributed by atoms with E-state index in [0.29, 0.717) is 30.5 Å². The first kappa shape index (κ1) is 18.6. The lowest BCUT2D eigenvalue weighted by Gasteiger charge is -2.27. The minimum absolute atomic E-state index is 0.0965. The van der Waals surface area contributed by atoms with E-state index in [2.05, 4.69) is 9.72 Å². The van der Waals surface area contributed by atoms with E-state index in [1.807, 2.05) is 42.1 Å². The second kappa shape index (κ2) is 6.55. The number of ether oxygens (including phenoxy) is 1. The highest BCUT2D eigenvalue weighted by molar-refractivity contribution is 5.98. The predicted molar refractivity (Wildman–Crippen MR) is 106 cm³/mol. The molecular weight excluding hydrogens is 395 g/mol. The number of aromatic amines is 1. The molecule has 2 aromatic carbocycles. The number of aromatic nitrogens is 2. The van der Waals surface area contributed by atoms with Gasteiger partial charge in [-0.1, -0.05) is 6.07 Å². The fraction of sp³-hybridized carbons (Fsp3) is 0.227. The van der Waals surface area contributed by atoms with Gasteiger partial charge in [-0.2, -0.15) is 0 Å². The molecular formula is C22H18F3N3O2. The maximum Gasteiger partial charge on any atom is 0.573 e. The molecule has 5 nitrogen and oxygen atoms in total. The molecule has 0 unspecified atom stereocenters. The first-order chi connectivity index (χ1) is 14.3. The van der Waals surface area contributed by atoms with Crippen molar-refractivity contribution in [1.82, 2.24) is 14.5 Å². The zero-order valence-electron chi connectivity index (χ0n) is 16.1. The zero-order chi connectivity index (χ0) is 21.0. The summed E-state index contributed by atoms with van der Waals surface area (Å²) < 4.78 is 43.8. The van der Waals surface area contributed by atoms with Crippen molar-refractivity contribution in [2.24, 2.45) is 7.05 Å². The number of nitrogens with zero attached hydrogens (tertiary/aromatic N) is 2. The summed E-state index contributed by atoms with van der Waals surface area (Å²) in [6.45, 7) is 0.866. The molecule has 4 aromatic rings. The van der Waals surface area contributed by atoms with Crippen LogP contribution in [0.1, 0.15) is 21.6 Å². The molecule has 0 fully saturated rings. The van der Waals surface area contributed by atoms with Gasteiger partial charge in [-0.25, -0.2) is 0 Å². The topological polar surface area (TPSA) is 50.3 Å². The number of alkyl halides is 3. The van der Waals surface area contributed by atoms with Crippen molar-refractivity contribution in [2.45, 2.75) is 19.3 Å². The van der Waals surface area contributed by atoms with Gasteiger partial charge in [0, 0.05) is 66.0 Å². The number of hydrogen-bond donors (Lipinski definition) is 1. The van der Waals surface area contributed by atoms with Gasteiger partial charge in [-0.3, -0.25) is 4.79 Å². The zero-order valence-corrected chi connectivity index (χ0v) is 16.1. The Bertz CT molecular complexity index is 1290. The average Bonchev–Trinajstić information content (AvgIpc) is 3.26. The lowest BCUT2D eigenvalue weighted by Crippen LogP contribution is -2.35.